The van der Waals surface area contributed by atoms with Crippen molar-refractivity contribution in [2.75, 3.05) is 0 Å². The molecule has 1 aliphatic carbocycles. The Hall–Kier alpha value is -1.22. The molecule has 1 aliphatic heterocycles. The molecule has 0 saturated carbocycles. The van der Waals surface area contributed by atoms with Gasteiger partial charge in [0.15, 0.2) is 0 Å². The third-order valence-corrected chi connectivity index (χ3v) is 5.04. The average molecular weight is 277 g/mol. The van der Waals surface area contributed by atoms with Crippen LogP contribution < -0.4 is 5.32 Å². The number of hydrogen-bond donors (Lipinski definition) is 1. The topological polar surface area (TPSA) is 12.0 Å². The van der Waals surface area contributed by atoms with Crippen LogP contribution in [0.1, 0.15) is 45.2 Å². The quantitative estimate of drug-likeness (QED) is 0.752. The summed E-state index contributed by atoms with van der Waals surface area (Å²) in [5, 5.41) is 3.62. The lowest BCUT2D eigenvalue weighted by atomic mass is 9.65. The van der Waals surface area contributed by atoms with E-state index in [2.05, 4.69) is 32.2 Å². The van der Waals surface area contributed by atoms with Gasteiger partial charge in [-0.2, -0.15) is 0 Å². The fraction of sp³-hybridized carbons (Fsp3) is 0.529. The first-order valence-electron chi connectivity index (χ1n) is 7.27. The van der Waals surface area contributed by atoms with Crippen molar-refractivity contribution in [2.45, 2.75) is 45.2 Å². The van der Waals surface area contributed by atoms with E-state index >= 15 is 0 Å². The lowest BCUT2D eigenvalue weighted by Crippen LogP contribution is -2.55. The van der Waals surface area contributed by atoms with Crippen molar-refractivity contribution in [3.8, 4) is 0 Å². The van der Waals surface area contributed by atoms with E-state index in [-0.39, 0.29) is 11.6 Å². The van der Waals surface area contributed by atoms with E-state index in [0.29, 0.717) is 17.4 Å². The van der Waals surface area contributed by atoms with Gasteiger partial charge in [-0.15, -0.1) is 0 Å². The molecule has 20 heavy (non-hydrogen) atoms. The van der Waals surface area contributed by atoms with Crippen LogP contribution in [0, 0.1) is 23.5 Å². The zero-order valence-electron chi connectivity index (χ0n) is 12.2. The van der Waals surface area contributed by atoms with Crippen LogP contribution in [0.5, 0.6) is 0 Å². The minimum atomic E-state index is -0.501. The molecule has 3 atom stereocenters. The molecular formula is C17H21F2N. The van der Waals surface area contributed by atoms with E-state index < -0.39 is 11.6 Å². The fourth-order valence-corrected chi connectivity index (χ4v) is 3.75. The van der Waals surface area contributed by atoms with Crippen LogP contribution in [-0.2, 0) is 0 Å². The van der Waals surface area contributed by atoms with Crippen molar-refractivity contribution in [1.82, 2.24) is 5.32 Å². The molecule has 3 rings (SSSR count). The number of benzene rings is 1. The Balaban J connectivity index is 2.03. The third-order valence-electron chi connectivity index (χ3n) is 5.04. The summed E-state index contributed by atoms with van der Waals surface area (Å²) < 4.78 is 27.0. The van der Waals surface area contributed by atoms with Gasteiger partial charge in [-0.25, -0.2) is 8.78 Å². The SMILES string of the molecule is CC1=CC[C@@H]2C[C@H]1[C@H](c1cc(F)cc(F)c1)NC2(C)C. The highest BCUT2D eigenvalue weighted by Crippen LogP contribution is 2.47. The number of hydrogen-bond acceptors (Lipinski definition) is 1. The maximum absolute atomic E-state index is 13.5. The molecule has 0 amide bonds. The van der Waals surface area contributed by atoms with E-state index in [1.165, 1.54) is 17.7 Å². The Morgan fingerprint density at radius 3 is 2.45 bits per heavy atom. The molecule has 1 aromatic carbocycles. The van der Waals surface area contributed by atoms with Gasteiger partial charge in [-0.3, -0.25) is 0 Å². The van der Waals surface area contributed by atoms with Crippen LogP contribution in [0.25, 0.3) is 0 Å². The van der Waals surface area contributed by atoms with Gasteiger partial charge >= 0.3 is 0 Å². The second-order valence-corrected chi connectivity index (χ2v) is 6.77. The van der Waals surface area contributed by atoms with Crippen molar-refractivity contribution in [3.05, 3.63) is 47.0 Å². The normalized spacial score (nSPS) is 31.9. The summed E-state index contributed by atoms with van der Waals surface area (Å²) in [4.78, 5) is 0. The zero-order valence-corrected chi connectivity index (χ0v) is 12.2. The molecule has 0 unspecified atom stereocenters. The maximum atomic E-state index is 13.5. The first-order valence-corrected chi connectivity index (χ1v) is 7.27. The summed E-state index contributed by atoms with van der Waals surface area (Å²) in [5.41, 5.74) is 2.04. The van der Waals surface area contributed by atoms with E-state index in [1.807, 2.05) is 0 Å². The number of allylic oxidation sites excluding steroid dienone is 1. The van der Waals surface area contributed by atoms with Gasteiger partial charge in [-0.05, 0) is 63.1 Å². The van der Waals surface area contributed by atoms with Crippen LogP contribution in [0.4, 0.5) is 8.78 Å². The zero-order chi connectivity index (χ0) is 14.5. The molecule has 0 spiro atoms. The summed E-state index contributed by atoms with van der Waals surface area (Å²) in [5.74, 6) is -0.0767. The van der Waals surface area contributed by atoms with Gasteiger partial charge in [0.2, 0.25) is 0 Å². The van der Waals surface area contributed by atoms with Gasteiger partial charge in [-0.1, -0.05) is 11.6 Å². The Labute approximate surface area is 119 Å². The Morgan fingerprint density at radius 1 is 1.15 bits per heavy atom. The Morgan fingerprint density at radius 2 is 1.80 bits per heavy atom. The molecule has 1 aromatic rings. The van der Waals surface area contributed by atoms with E-state index in [9.17, 15) is 8.78 Å². The van der Waals surface area contributed by atoms with E-state index in [1.54, 1.807) is 0 Å². The largest absolute Gasteiger partial charge is 0.304 e. The Bertz CT molecular complexity index is 542. The molecule has 2 bridgehead atoms. The lowest BCUT2D eigenvalue weighted by Gasteiger charge is -2.50. The molecule has 1 nitrogen and oxygen atoms in total. The minimum Gasteiger partial charge on any atom is -0.304 e. The van der Waals surface area contributed by atoms with Crippen molar-refractivity contribution < 1.29 is 8.78 Å². The molecular weight excluding hydrogens is 256 g/mol. The van der Waals surface area contributed by atoms with Crippen LogP contribution >= 0.6 is 0 Å². The van der Waals surface area contributed by atoms with Crippen LogP contribution in [0.2, 0.25) is 0 Å². The molecule has 0 radical (unpaired) electrons. The fourth-order valence-electron chi connectivity index (χ4n) is 3.75. The summed E-state index contributed by atoms with van der Waals surface area (Å²) in [6.07, 6.45) is 4.47. The lowest BCUT2D eigenvalue weighted by molar-refractivity contribution is 0.109. The van der Waals surface area contributed by atoms with Crippen molar-refractivity contribution in [2.24, 2.45) is 11.8 Å². The van der Waals surface area contributed by atoms with Gasteiger partial charge in [0, 0.05) is 17.6 Å². The highest BCUT2D eigenvalue weighted by molar-refractivity contribution is 5.28. The first kappa shape index (κ1) is 13.7. The summed E-state index contributed by atoms with van der Waals surface area (Å²) in [6.45, 7) is 6.50. The number of nitrogens with one attached hydrogen (secondary N) is 1. The highest BCUT2D eigenvalue weighted by atomic mass is 19.1. The average Bonchev–Trinajstić information content (AvgIpc) is 2.35. The van der Waals surface area contributed by atoms with Gasteiger partial charge in [0.25, 0.3) is 0 Å². The molecule has 0 aromatic heterocycles. The predicted molar refractivity (Wildman–Crippen MR) is 76.3 cm³/mol. The molecule has 1 N–H and O–H groups in total. The van der Waals surface area contributed by atoms with E-state index in [0.717, 1.165) is 18.9 Å². The van der Waals surface area contributed by atoms with Crippen molar-refractivity contribution in [3.63, 3.8) is 0 Å². The van der Waals surface area contributed by atoms with Crippen molar-refractivity contribution >= 4 is 0 Å². The van der Waals surface area contributed by atoms with Crippen molar-refractivity contribution in [1.29, 1.82) is 0 Å². The van der Waals surface area contributed by atoms with Crippen LogP contribution in [0.15, 0.2) is 29.8 Å². The second kappa shape index (κ2) is 4.66. The number of halogens is 2. The summed E-state index contributed by atoms with van der Waals surface area (Å²) >= 11 is 0. The van der Waals surface area contributed by atoms with E-state index in [4.69, 9.17) is 0 Å². The van der Waals surface area contributed by atoms with Gasteiger partial charge in [0.05, 0.1) is 0 Å². The summed E-state index contributed by atoms with van der Waals surface area (Å²) in [6, 6.07) is 3.84. The van der Waals surface area contributed by atoms with Crippen LogP contribution in [0.3, 0.4) is 0 Å². The van der Waals surface area contributed by atoms with Crippen LogP contribution in [-0.4, -0.2) is 5.54 Å². The second-order valence-electron chi connectivity index (χ2n) is 6.77. The van der Waals surface area contributed by atoms with Gasteiger partial charge < -0.3 is 5.32 Å². The third kappa shape index (κ3) is 2.28. The Kier molecular flexibility index (Phi) is 3.20. The molecule has 1 saturated heterocycles. The molecule has 1 fully saturated rings. The maximum Gasteiger partial charge on any atom is 0.126 e. The summed E-state index contributed by atoms with van der Waals surface area (Å²) in [7, 11) is 0. The van der Waals surface area contributed by atoms with Gasteiger partial charge in [0.1, 0.15) is 11.6 Å². The molecule has 3 heteroatoms. The first-order chi connectivity index (χ1) is 9.37. The number of fused-ring (bicyclic) bond motifs is 2. The standard InChI is InChI=1S/C17H21F2N/c1-10-4-5-12-8-15(10)16(20-17(12,2)3)11-6-13(18)9-14(19)7-11/h4,6-7,9,12,15-16,20H,5,8H2,1-3H3/t12-,15-,16+/m1/s1. The molecule has 108 valence electrons. The monoisotopic (exact) mass is 277 g/mol. The minimum absolute atomic E-state index is 0.0111. The molecule has 2 aliphatic rings. The smallest absolute Gasteiger partial charge is 0.126 e. The number of rotatable bonds is 1. The highest BCUT2D eigenvalue weighted by Gasteiger charge is 2.44. The predicted octanol–water partition coefficient (Wildman–Crippen LogP) is 4.36. The molecule has 1 heterocycles. The number of piperidine rings is 1.